The topological polar surface area (TPSA) is 76.4 Å². The Labute approximate surface area is 112 Å². The molecule has 2 unspecified atom stereocenters. The van der Waals surface area contributed by atoms with E-state index in [1.54, 1.807) is 23.1 Å². The van der Waals surface area contributed by atoms with Crippen LogP contribution in [-0.4, -0.2) is 36.2 Å². The number of anilines is 1. The molecule has 0 aromatic heterocycles. The van der Waals surface area contributed by atoms with Gasteiger partial charge in [-0.1, -0.05) is 6.07 Å². The van der Waals surface area contributed by atoms with Crippen LogP contribution in [0.4, 0.5) is 5.69 Å². The lowest BCUT2D eigenvalue weighted by molar-refractivity contribution is -0.121. The molecule has 2 atom stereocenters. The van der Waals surface area contributed by atoms with Crippen molar-refractivity contribution in [2.75, 3.05) is 18.1 Å². The molecule has 0 radical (unpaired) electrons. The SMILES string of the molecule is CC1CCNC(CO)C(=O)N1c1cccc(C#N)c1. The number of carbonyl (C=O) groups is 1. The van der Waals surface area contributed by atoms with Gasteiger partial charge in [0.25, 0.3) is 0 Å². The summed E-state index contributed by atoms with van der Waals surface area (Å²) in [6.07, 6.45) is 0.805. The van der Waals surface area contributed by atoms with Crippen molar-refractivity contribution in [2.24, 2.45) is 0 Å². The number of nitrogens with one attached hydrogen (secondary N) is 1. The Morgan fingerprint density at radius 2 is 2.37 bits per heavy atom. The first-order valence-corrected chi connectivity index (χ1v) is 6.35. The zero-order chi connectivity index (χ0) is 13.8. The predicted molar refractivity (Wildman–Crippen MR) is 71.6 cm³/mol. The van der Waals surface area contributed by atoms with Gasteiger partial charge in [-0.2, -0.15) is 5.26 Å². The van der Waals surface area contributed by atoms with Crippen molar-refractivity contribution in [3.05, 3.63) is 29.8 Å². The minimum Gasteiger partial charge on any atom is -0.394 e. The number of nitrogens with zero attached hydrogens (tertiary/aromatic N) is 2. The van der Waals surface area contributed by atoms with Crippen LogP contribution in [0.2, 0.25) is 0 Å². The summed E-state index contributed by atoms with van der Waals surface area (Å²) < 4.78 is 0. The van der Waals surface area contributed by atoms with Gasteiger partial charge in [0.05, 0.1) is 18.2 Å². The van der Waals surface area contributed by atoms with Gasteiger partial charge < -0.3 is 15.3 Å². The van der Waals surface area contributed by atoms with Crippen molar-refractivity contribution < 1.29 is 9.90 Å². The van der Waals surface area contributed by atoms with Crippen LogP contribution in [-0.2, 0) is 4.79 Å². The molecule has 1 amide bonds. The molecule has 1 aliphatic heterocycles. The van der Waals surface area contributed by atoms with E-state index in [1.165, 1.54) is 0 Å². The number of hydrogen-bond donors (Lipinski definition) is 2. The smallest absolute Gasteiger partial charge is 0.246 e. The van der Waals surface area contributed by atoms with Gasteiger partial charge in [0.2, 0.25) is 5.91 Å². The van der Waals surface area contributed by atoms with Crippen LogP contribution in [0.5, 0.6) is 0 Å². The highest BCUT2D eigenvalue weighted by Crippen LogP contribution is 2.22. The average Bonchev–Trinajstić information content (AvgIpc) is 2.57. The second-order valence-electron chi connectivity index (χ2n) is 4.70. The normalized spacial score (nSPS) is 23.8. The zero-order valence-corrected chi connectivity index (χ0v) is 10.8. The standard InChI is InChI=1S/C14H17N3O2/c1-10-5-6-16-13(9-18)14(19)17(10)12-4-2-3-11(7-12)8-15/h2-4,7,10,13,16,18H,5-6,9H2,1H3. The van der Waals surface area contributed by atoms with Crippen LogP contribution in [0, 0.1) is 11.3 Å². The number of carbonyl (C=O) groups excluding carboxylic acids is 1. The van der Waals surface area contributed by atoms with E-state index < -0.39 is 6.04 Å². The molecule has 1 heterocycles. The lowest BCUT2D eigenvalue weighted by atomic mass is 10.1. The quantitative estimate of drug-likeness (QED) is 0.817. The highest BCUT2D eigenvalue weighted by molar-refractivity contribution is 5.98. The van der Waals surface area contributed by atoms with Gasteiger partial charge in [0.1, 0.15) is 6.04 Å². The molecule has 19 heavy (non-hydrogen) atoms. The first-order chi connectivity index (χ1) is 9.17. The number of rotatable bonds is 2. The Morgan fingerprint density at radius 1 is 1.58 bits per heavy atom. The lowest BCUT2D eigenvalue weighted by Gasteiger charge is -2.29. The minimum absolute atomic E-state index is 0.0329. The molecule has 1 aromatic carbocycles. The van der Waals surface area contributed by atoms with Crippen molar-refractivity contribution in [3.8, 4) is 6.07 Å². The van der Waals surface area contributed by atoms with Crippen molar-refractivity contribution >= 4 is 11.6 Å². The molecular weight excluding hydrogens is 242 g/mol. The summed E-state index contributed by atoms with van der Waals surface area (Å²) in [7, 11) is 0. The fourth-order valence-electron chi connectivity index (χ4n) is 2.32. The third-order valence-corrected chi connectivity index (χ3v) is 3.37. The Bertz CT molecular complexity index is 510. The number of amides is 1. The van der Waals surface area contributed by atoms with Crippen molar-refractivity contribution in [2.45, 2.75) is 25.4 Å². The van der Waals surface area contributed by atoms with Crippen LogP contribution in [0.3, 0.4) is 0 Å². The molecule has 2 N–H and O–H groups in total. The predicted octanol–water partition coefficient (Wildman–Crippen LogP) is 0.634. The van der Waals surface area contributed by atoms with E-state index in [-0.39, 0.29) is 18.6 Å². The van der Waals surface area contributed by atoms with Gasteiger partial charge in [-0.3, -0.25) is 4.79 Å². The number of hydrogen-bond acceptors (Lipinski definition) is 4. The average molecular weight is 259 g/mol. The molecule has 5 heteroatoms. The molecule has 100 valence electrons. The van der Waals surface area contributed by atoms with E-state index in [2.05, 4.69) is 11.4 Å². The molecule has 1 saturated heterocycles. The van der Waals surface area contributed by atoms with Gasteiger partial charge >= 0.3 is 0 Å². The molecule has 0 bridgehead atoms. The Morgan fingerprint density at radius 3 is 3.05 bits per heavy atom. The molecule has 1 aromatic rings. The second kappa shape index (κ2) is 5.83. The lowest BCUT2D eigenvalue weighted by Crippen LogP contribution is -2.48. The van der Waals surface area contributed by atoms with Gasteiger partial charge in [-0.15, -0.1) is 0 Å². The summed E-state index contributed by atoms with van der Waals surface area (Å²) in [6.45, 7) is 2.44. The van der Waals surface area contributed by atoms with E-state index >= 15 is 0 Å². The number of benzene rings is 1. The maximum absolute atomic E-state index is 12.4. The van der Waals surface area contributed by atoms with Crippen LogP contribution in [0.25, 0.3) is 0 Å². The van der Waals surface area contributed by atoms with Crippen LogP contribution in [0.1, 0.15) is 18.9 Å². The molecule has 2 rings (SSSR count). The van der Waals surface area contributed by atoms with E-state index in [1.807, 2.05) is 13.0 Å². The Kier molecular flexibility index (Phi) is 4.15. The summed E-state index contributed by atoms with van der Waals surface area (Å²) in [5.74, 6) is -0.150. The van der Waals surface area contributed by atoms with E-state index in [4.69, 9.17) is 5.26 Å². The van der Waals surface area contributed by atoms with Gasteiger partial charge in [-0.05, 0) is 38.1 Å². The monoisotopic (exact) mass is 259 g/mol. The number of nitriles is 1. The van der Waals surface area contributed by atoms with Crippen molar-refractivity contribution in [3.63, 3.8) is 0 Å². The molecule has 0 aliphatic carbocycles. The molecule has 0 saturated carbocycles. The molecule has 0 spiro atoms. The van der Waals surface area contributed by atoms with Gasteiger partial charge in [-0.25, -0.2) is 0 Å². The first kappa shape index (κ1) is 13.5. The minimum atomic E-state index is -0.573. The van der Waals surface area contributed by atoms with Gasteiger partial charge in [0, 0.05) is 11.7 Å². The van der Waals surface area contributed by atoms with Crippen LogP contribution >= 0.6 is 0 Å². The maximum atomic E-state index is 12.4. The third kappa shape index (κ3) is 2.75. The first-order valence-electron chi connectivity index (χ1n) is 6.35. The largest absolute Gasteiger partial charge is 0.394 e. The molecule has 5 nitrogen and oxygen atoms in total. The molecule has 1 fully saturated rings. The zero-order valence-electron chi connectivity index (χ0n) is 10.8. The van der Waals surface area contributed by atoms with E-state index in [0.29, 0.717) is 17.8 Å². The summed E-state index contributed by atoms with van der Waals surface area (Å²) in [5.41, 5.74) is 1.23. The fourth-order valence-corrected chi connectivity index (χ4v) is 2.32. The van der Waals surface area contributed by atoms with Crippen molar-refractivity contribution in [1.29, 1.82) is 5.26 Å². The molecule has 1 aliphatic rings. The highest BCUT2D eigenvalue weighted by atomic mass is 16.3. The fraction of sp³-hybridized carbons (Fsp3) is 0.429. The summed E-state index contributed by atoms with van der Waals surface area (Å²) in [6, 6.07) is 8.52. The van der Waals surface area contributed by atoms with Crippen molar-refractivity contribution in [1.82, 2.24) is 5.32 Å². The Balaban J connectivity index is 2.38. The van der Waals surface area contributed by atoms with Crippen LogP contribution in [0.15, 0.2) is 24.3 Å². The van der Waals surface area contributed by atoms with Gasteiger partial charge in [0.15, 0.2) is 0 Å². The maximum Gasteiger partial charge on any atom is 0.246 e. The molecular formula is C14H17N3O2. The number of aliphatic hydroxyl groups is 1. The summed E-state index contributed by atoms with van der Waals surface area (Å²) in [5, 5.41) is 21.2. The third-order valence-electron chi connectivity index (χ3n) is 3.37. The van der Waals surface area contributed by atoms with Crippen LogP contribution < -0.4 is 10.2 Å². The summed E-state index contributed by atoms with van der Waals surface area (Å²) >= 11 is 0. The number of aliphatic hydroxyl groups excluding tert-OH is 1. The van der Waals surface area contributed by atoms with E-state index in [9.17, 15) is 9.90 Å². The van der Waals surface area contributed by atoms with E-state index in [0.717, 1.165) is 6.42 Å². The second-order valence-corrected chi connectivity index (χ2v) is 4.70. The Hall–Kier alpha value is -1.90. The summed E-state index contributed by atoms with van der Waals surface area (Å²) in [4.78, 5) is 14.1. The highest BCUT2D eigenvalue weighted by Gasteiger charge is 2.31.